The van der Waals surface area contributed by atoms with Crippen LogP contribution < -0.4 is 5.32 Å². The Kier molecular flexibility index (Phi) is 7.67. The van der Waals surface area contributed by atoms with E-state index in [9.17, 15) is 19.4 Å². The van der Waals surface area contributed by atoms with Gasteiger partial charge in [-0.25, -0.2) is 4.39 Å². The van der Waals surface area contributed by atoms with E-state index in [4.69, 9.17) is 9.47 Å². The van der Waals surface area contributed by atoms with Gasteiger partial charge in [0, 0.05) is 27.0 Å². The van der Waals surface area contributed by atoms with Gasteiger partial charge in [-0.2, -0.15) is 0 Å². The second kappa shape index (κ2) is 10.1. The van der Waals surface area contributed by atoms with E-state index in [-0.39, 0.29) is 11.7 Å². The van der Waals surface area contributed by atoms with Crippen molar-refractivity contribution in [1.29, 1.82) is 0 Å². The maximum atomic E-state index is 13.9. The first-order valence-corrected chi connectivity index (χ1v) is 10.8. The van der Waals surface area contributed by atoms with Gasteiger partial charge in [-0.15, -0.1) is 0 Å². The number of aliphatic hydroxyl groups is 2. The summed E-state index contributed by atoms with van der Waals surface area (Å²) in [6.07, 6.45) is -2.50. The van der Waals surface area contributed by atoms with Crippen LogP contribution in [0.1, 0.15) is 31.9 Å². The smallest absolute Gasteiger partial charge is 0.216 e. The maximum Gasteiger partial charge on any atom is 0.216 e. The highest BCUT2D eigenvalue weighted by atomic mass is 19.1. The Hall–Kier alpha value is -2.32. The molecular weight excluding hydrogens is 413 g/mol. The summed E-state index contributed by atoms with van der Waals surface area (Å²) in [7, 11) is 1.48. The topological polar surface area (TPSA) is 88.0 Å². The lowest BCUT2D eigenvalue weighted by atomic mass is 9.84. The van der Waals surface area contributed by atoms with Crippen LogP contribution in [0.15, 0.2) is 42.5 Å². The molecule has 2 aromatic carbocycles. The van der Waals surface area contributed by atoms with Crippen molar-refractivity contribution in [3.8, 4) is 11.1 Å². The number of methoxy groups -OCH3 is 1. The van der Waals surface area contributed by atoms with E-state index in [2.05, 4.69) is 5.32 Å². The Bertz CT molecular complexity index is 948. The minimum Gasteiger partial charge on any atom is -0.388 e. The monoisotopic (exact) mass is 445 g/mol. The zero-order valence-corrected chi connectivity index (χ0v) is 19.0. The molecule has 7 heteroatoms. The Morgan fingerprint density at radius 3 is 2.59 bits per heavy atom. The largest absolute Gasteiger partial charge is 0.388 e. The number of carbonyl (C=O) groups excluding carboxylic acids is 1. The third-order valence-corrected chi connectivity index (χ3v) is 5.95. The molecule has 0 aliphatic carbocycles. The molecule has 0 bridgehead atoms. The molecule has 1 fully saturated rings. The number of carbonyl (C=O) groups is 1. The normalized spacial score (nSPS) is 24.8. The van der Waals surface area contributed by atoms with Crippen molar-refractivity contribution >= 4 is 5.91 Å². The molecular formula is C25H32FNO5. The third kappa shape index (κ3) is 5.53. The fourth-order valence-electron chi connectivity index (χ4n) is 4.42. The lowest BCUT2D eigenvalue weighted by molar-refractivity contribution is -0.261. The minimum atomic E-state index is -1.11. The number of hydrogen-bond donors (Lipinski definition) is 3. The summed E-state index contributed by atoms with van der Waals surface area (Å²) in [6.45, 7) is 5.59. The molecule has 4 unspecified atom stereocenters. The molecule has 1 aliphatic rings. The molecule has 0 saturated carbocycles. The lowest BCUT2D eigenvalue weighted by Crippen LogP contribution is -2.63. The maximum absolute atomic E-state index is 13.9. The lowest BCUT2D eigenvalue weighted by Gasteiger charge is -2.47. The summed E-state index contributed by atoms with van der Waals surface area (Å²) >= 11 is 0. The summed E-state index contributed by atoms with van der Waals surface area (Å²) < 4.78 is 25.4. The summed E-state index contributed by atoms with van der Waals surface area (Å²) in [4.78, 5) is 11.2. The average molecular weight is 446 g/mol. The highest BCUT2D eigenvalue weighted by molar-refractivity contribution is 5.73. The number of halogens is 1. The molecule has 32 heavy (non-hydrogen) atoms. The van der Waals surface area contributed by atoms with E-state index in [0.717, 1.165) is 22.3 Å². The van der Waals surface area contributed by atoms with Crippen LogP contribution in [-0.4, -0.2) is 59.8 Å². The van der Waals surface area contributed by atoms with Crippen molar-refractivity contribution in [2.45, 2.75) is 63.6 Å². The summed E-state index contributed by atoms with van der Waals surface area (Å²) in [5.74, 6) is -0.435. The van der Waals surface area contributed by atoms with E-state index < -0.39 is 30.0 Å². The number of benzene rings is 2. The van der Waals surface area contributed by atoms with Gasteiger partial charge in [0.15, 0.2) is 0 Å². The minimum absolute atomic E-state index is 0.104. The average Bonchev–Trinajstić information content (AvgIpc) is 2.72. The SMILES string of the molecule is COC1C(O)C(O)C(Cc2ccc(CCNC(C)=O)c(-c3cccc(F)c3)c2)OC1(C)C. The number of hydrogen-bond acceptors (Lipinski definition) is 5. The predicted molar refractivity (Wildman–Crippen MR) is 120 cm³/mol. The van der Waals surface area contributed by atoms with Crippen LogP contribution in [0.2, 0.25) is 0 Å². The van der Waals surface area contributed by atoms with E-state index in [1.165, 1.54) is 26.2 Å². The van der Waals surface area contributed by atoms with Crippen LogP contribution >= 0.6 is 0 Å². The molecule has 1 saturated heterocycles. The standard InChI is InChI=1S/C25H32FNO5/c1-15(28)27-11-10-17-9-8-16(12-20(17)18-6-5-7-19(26)14-18)13-21-22(29)23(30)24(31-4)25(2,3)32-21/h5-9,12,14,21-24,29-30H,10-11,13H2,1-4H3,(H,27,28). The Balaban J connectivity index is 1.89. The van der Waals surface area contributed by atoms with E-state index in [0.29, 0.717) is 19.4 Å². The first-order chi connectivity index (χ1) is 15.1. The fourth-order valence-corrected chi connectivity index (χ4v) is 4.42. The van der Waals surface area contributed by atoms with Gasteiger partial charge in [0.05, 0.1) is 11.7 Å². The van der Waals surface area contributed by atoms with Crippen LogP contribution in [0.25, 0.3) is 11.1 Å². The predicted octanol–water partition coefficient (Wildman–Crippen LogP) is 2.63. The molecule has 3 N–H and O–H groups in total. The van der Waals surface area contributed by atoms with Crippen LogP contribution in [0.4, 0.5) is 4.39 Å². The number of ether oxygens (including phenoxy) is 2. The first kappa shape index (κ1) is 24.3. The van der Waals surface area contributed by atoms with Crippen molar-refractivity contribution in [3.63, 3.8) is 0 Å². The molecule has 1 heterocycles. The van der Waals surface area contributed by atoms with Crippen LogP contribution in [-0.2, 0) is 27.1 Å². The Morgan fingerprint density at radius 2 is 1.94 bits per heavy atom. The van der Waals surface area contributed by atoms with Gasteiger partial charge in [-0.3, -0.25) is 4.79 Å². The molecule has 1 aliphatic heterocycles. The summed E-state index contributed by atoms with van der Waals surface area (Å²) in [5, 5.41) is 24.0. The highest BCUT2D eigenvalue weighted by Gasteiger charge is 2.49. The second-order valence-corrected chi connectivity index (χ2v) is 8.84. The third-order valence-electron chi connectivity index (χ3n) is 5.95. The fraction of sp³-hybridized carbons (Fsp3) is 0.480. The first-order valence-electron chi connectivity index (χ1n) is 10.8. The van der Waals surface area contributed by atoms with E-state index in [1.807, 2.05) is 38.1 Å². The number of rotatable bonds is 7. The van der Waals surface area contributed by atoms with Gasteiger partial charge in [0.25, 0.3) is 0 Å². The molecule has 3 rings (SSSR count). The second-order valence-electron chi connectivity index (χ2n) is 8.84. The number of aliphatic hydroxyl groups excluding tert-OH is 2. The van der Waals surface area contributed by atoms with Crippen molar-refractivity contribution in [2.24, 2.45) is 0 Å². The Labute approximate surface area is 188 Å². The van der Waals surface area contributed by atoms with Gasteiger partial charge < -0.3 is 25.0 Å². The molecule has 174 valence electrons. The zero-order chi connectivity index (χ0) is 23.5. The zero-order valence-electron chi connectivity index (χ0n) is 19.0. The van der Waals surface area contributed by atoms with E-state index in [1.54, 1.807) is 6.07 Å². The number of nitrogens with one attached hydrogen (secondary N) is 1. The molecule has 0 radical (unpaired) electrons. The van der Waals surface area contributed by atoms with Gasteiger partial charge >= 0.3 is 0 Å². The van der Waals surface area contributed by atoms with Gasteiger partial charge in [-0.1, -0.05) is 30.3 Å². The van der Waals surface area contributed by atoms with Crippen LogP contribution in [0.3, 0.4) is 0 Å². The van der Waals surface area contributed by atoms with Gasteiger partial charge in [0.1, 0.15) is 24.1 Å². The van der Waals surface area contributed by atoms with Gasteiger partial charge in [-0.05, 0) is 54.7 Å². The van der Waals surface area contributed by atoms with Crippen LogP contribution in [0, 0.1) is 5.82 Å². The molecule has 2 aromatic rings. The summed E-state index contributed by atoms with van der Waals surface area (Å²) in [5.41, 5.74) is 2.66. The van der Waals surface area contributed by atoms with Crippen LogP contribution in [0.5, 0.6) is 0 Å². The summed E-state index contributed by atoms with van der Waals surface area (Å²) in [6, 6.07) is 12.2. The van der Waals surface area contributed by atoms with E-state index >= 15 is 0 Å². The van der Waals surface area contributed by atoms with Gasteiger partial charge in [0.2, 0.25) is 5.91 Å². The van der Waals surface area contributed by atoms with Crippen molar-refractivity contribution in [1.82, 2.24) is 5.32 Å². The molecule has 0 aromatic heterocycles. The number of amides is 1. The van der Waals surface area contributed by atoms with Crippen molar-refractivity contribution < 1.29 is 28.9 Å². The molecule has 0 spiro atoms. The van der Waals surface area contributed by atoms with Crippen molar-refractivity contribution in [2.75, 3.05) is 13.7 Å². The van der Waals surface area contributed by atoms with Crippen molar-refractivity contribution in [3.05, 3.63) is 59.4 Å². The molecule has 6 nitrogen and oxygen atoms in total. The molecule has 1 amide bonds. The quantitative estimate of drug-likeness (QED) is 0.610. The Morgan fingerprint density at radius 1 is 1.19 bits per heavy atom. The molecule has 4 atom stereocenters. The highest BCUT2D eigenvalue weighted by Crippen LogP contribution is 2.34.